The average Bonchev–Trinajstić information content (AvgIpc) is 2.49. The van der Waals surface area contributed by atoms with Crippen molar-refractivity contribution >= 4 is 28.9 Å². The molecule has 0 aliphatic carbocycles. The number of carbonyl (C=O) groups excluding carboxylic acids is 2. The van der Waals surface area contributed by atoms with Gasteiger partial charge in [-0.15, -0.1) is 0 Å². The monoisotopic (exact) mass is 339 g/mol. The van der Waals surface area contributed by atoms with Crippen molar-refractivity contribution in [1.82, 2.24) is 0 Å². The number of anilines is 3. The van der Waals surface area contributed by atoms with Gasteiger partial charge in [0.1, 0.15) is 18.3 Å². The van der Waals surface area contributed by atoms with E-state index in [1.54, 1.807) is 18.2 Å². The van der Waals surface area contributed by atoms with Crippen LogP contribution in [-0.4, -0.2) is 58.3 Å². The second-order valence-corrected chi connectivity index (χ2v) is 5.57. The van der Waals surface area contributed by atoms with E-state index in [1.165, 1.54) is 13.8 Å². The van der Waals surface area contributed by atoms with E-state index in [2.05, 4.69) is 16.0 Å². The number of hydrogen-bond acceptors (Lipinski definition) is 7. The van der Waals surface area contributed by atoms with Crippen molar-refractivity contribution in [3.63, 3.8) is 0 Å². The molecule has 1 aliphatic rings. The van der Waals surface area contributed by atoms with Crippen LogP contribution in [0.5, 0.6) is 0 Å². The summed E-state index contributed by atoms with van der Waals surface area (Å²) in [6.07, 6.45) is -4.91. The van der Waals surface area contributed by atoms with Crippen molar-refractivity contribution < 1.29 is 29.6 Å². The van der Waals surface area contributed by atoms with Gasteiger partial charge in [0.25, 0.3) is 0 Å². The summed E-state index contributed by atoms with van der Waals surface area (Å²) in [7, 11) is 0. The molecule has 4 atom stereocenters. The zero-order chi connectivity index (χ0) is 17.9. The maximum atomic E-state index is 11.3. The summed E-state index contributed by atoms with van der Waals surface area (Å²) in [5.41, 5.74) is 1.27. The standard InChI is InChI=1S/C15H21N3O6/c1-7(19)16-9-3-4-10(17-8(2)20)11(5-9)18-15-14(23)13(22)12(21)6-24-15/h3-5,12-15,18,21-23H,6H2,1-2H3,(H,16,19)(H,17,20)/t12-,13+,14-,15-/m0/s1. The molecule has 2 rings (SSSR count). The molecule has 0 bridgehead atoms. The first-order chi connectivity index (χ1) is 11.3. The fraction of sp³-hybridized carbons (Fsp3) is 0.467. The predicted molar refractivity (Wildman–Crippen MR) is 86.4 cm³/mol. The minimum Gasteiger partial charge on any atom is -0.388 e. The SMILES string of the molecule is CC(=O)Nc1ccc(NC(C)=O)c(N[C@H]2OC[C@H](O)[C@@H](O)[C@@H]2O)c1. The Morgan fingerprint density at radius 3 is 2.33 bits per heavy atom. The summed E-state index contributed by atoms with van der Waals surface area (Å²) in [6, 6.07) is 4.74. The van der Waals surface area contributed by atoms with Crippen molar-refractivity contribution in [2.45, 2.75) is 38.4 Å². The number of nitrogens with one attached hydrogen (secondary N) is 3. The molecule has 6 N–H and O–H groups in total. The number of hydrogen-bond donors (Lipinski definition) is 6. The molecule has 0 saturated carbocycles. The molecule has 0 unspecified atom stereocenters. The van der Waals surface area contributed by atoms with Crippen LogP contribution in [0.4, 0.5) is 17.1 Å². The highest BCUT2D eigenvalue weighted by Crippen LogP contribution is 2.28. The van der Waals surface area contributed by atoms with Crippen LogP contribution in [0.2, 0.25) is 0 Å². The predicted octanol–water partition coefficient (Wildman–Crippen LogP) is -0.546. The van der Waals surface area contributed by atoms with Crippen molar-refractivity contribution in [1.29, 1.82) is 0 Å². The highest BCUT2D eigenvalue weighted by Gasteiger charge is 2.37. The highest BCUT2D eigenvalue weighted by molar-refractivity contribution is 5.95. The van der Waals surface area contributed by atoms with Crippen LogP contribution in [0.3, 0.4) is 0 Å². The molecule has 24 heavy (non-hydrogen) atoms. The van der Waals surface area contributed by atoms with Gasteiger partial charge in [0.05, 0.1) is 18.0 Å². The molecule has 1 saturated heterocycles. The van der Waals surface area contributed by atoms with Gasteiger partial charge in [-0.25, -0.2) is 0 Å². The van der Waals surface area contributed by atoms with Gasteiger partial charge in [-0.3, -0.25) is 9.59 Å². The smallest absolute Gasteiger partial charge is 0.221 e. The minimum atomic E-state index is -1.37. The van der Waals surface area contributed by atoms with Gasteiger partial charge in [-0.2, -0.15) is 0 Å². The molecule has 2 amide bonds. The van der Waals surface area contributed by atoms with E-state index < -0.39 is 24.5 Å². The topological polar surface area (TPSA) is 140 Å². The first-order valence-electron chi connectivity index (χ1n) is 7.39. The van der Waals surface area contributed by atoms with E-state index in [-0.39, 0.29) is 18.4 Å². The molecule has 1 fully saturated rings. The van der Waals surface area contributed by atoms with E-state index in [0.717, 1.165) is 0 Å². The largest absolute Gasteiger partial charge is 0.388 e. The number of aliphatic hydroxyl groups excluding tert-OH is 3. The Morgan fingerprint density at radius 1 is 1.04 bits per heavy atom. The third-order valence-electron chi connectivity index (χ3n) is 3.45. The molecule has 132 valence electrons. The molecule has 1 aromatic carbocycles. The second kappa shape index (κ2) is 7.58. The lowest BCUT2D eigenvalue weighted by molar-refractivity contribution is -0.178. The lowest BCUT2D eigenvalue weighted by Crippen LogP contribution is -2.55. The zero-order valence-electron chi connectivity index (χ0n) is 13.3. The van der Waals surface area contributed by atoms with Crippen LogP contribution in [0.15, 0.2) is 18.2 Å². The summed E-state index contributed by atoms with van der Waals surface area (Å²) in [5, 5.41) is 37.3. The molecular formula is C15H21N3O6. The van der Waals surface area contributed by atoms with Crippen LogP contribution in [0.1, 0.15) is 13.8 Å². The molecule has 9 heteroatoms. The first kappa shape index (κ1) is 18.1. The molecule has 0 spiro atoms. The number of aliphatic hydroxyl groups is 3. The molecule has 9 nitrogen and oxygen atoms in total. The zero-order valence-corrected chi connectivity index (χ0v) is 13.3. The second-order valence-electron chi connectivity index (χ2n) is 5.57. The van der Waals surface area contributed by atoms with Crippen LogP contribution >= 0.6 is 0 Å². The van der Waals surface area contributed by atoms with E-state index in [9.17, 15) is 24.9 Å². The normalized spacial score (nSPS) is 26.5. The van der Waals surface area contributed by atoms with Crippen molar-refractivity contribution in [3.05, 3.63) is 18.2 Å². The summed E-state index contributed by atoms with van der Waals surface area (Å²) in [5.74, 6) is -0.563. The minimum absolute atomic E-state index is 0.156. The van der Waals surface area contributed by atoms with Gasteiger partial charge >= 0.3 is 0 Å². The number of ether oxygens (including phenoxy) is 1. The Bertz CT molecular complexity index is 623. The third-order valence-corrected chi connectivity index (χ3v) is 3.45. The average molecular weight is 339 g/mol. The fourth-order valence-electron chi connectivity index (χ4n) is 2.33. The Kier molecular flexibility index (Phi) is 5.73. The number of rotatable bonds is 4. The van der Waals surface area contributed by atoms with Gasteiger partial charge in [-0.1, -0.05) is 0 Å². The quantitative estimate of drug-likeness (QED) is 0.433. The van der Waals surface area contributed by atoms with Crippen molar-refractivity contribution in [2.24, 2.45) is 0 Å². The molecule has 1 aromatic rings. The molecule has 0 radical (unpaired) electrons. The summed E-state index contributed by atoms with van der Waals surface area (Å²) in [6.45, 7) is 2.55. The molecule has 0 aromatic heterocycles. The van der Waals surface area contributed by atoms with Gasteiger partial charge in [0.2, 0.25) is 11.8 Å². The number of carbonyl (C=O) groups is 2. The maximum absolute atomic E-state index is 11.3. The Labute approximate surface area is 138 Å². The summed E-state index contributed by atoms with van der Waals surface area (Å²) < 4.78 is 5.29. The van der Waals surface area contributed by atoms with E-state index in [1.807, 2.05) is 0 Å². The van der Waals surface area contributed by atoms with Gasteiger partial charge in [-0.05, 0) is 18.2 Å². The fourth-order valence-corrected chi connectivity index (χ4v) is 2.33. The van der Waals surface area contributed by atoms with Gasteiger partial charge in [0.15, 0.2) is 6.23 Å². The number of benzene rings is 1. The van der Waals surface area contributed by atoms with Crippen LogP contribution < -0.4 is 16.0 Å². The van der Waals surface area contributed by atoms with Crippen molar-refractivity contribution in [3.8, 4) is 0 Å². The van der Waals surface area contributed by atoms with Crippen LogP contribution in [0, 0.1) is 0 Å². The Hall–Kier alpha value is -2.20. The Balaban J connectivity index is 2.24. The van der Waals surface area contributed by atoms with E-state index in [4.69, 9.17) is 4.74 Å². The third kappa shape index (κ3) is 4.42. The van der Waals surface area contributed by atoms with Crippen LogP contribution in [0.25, 0.3) is 0 Å². The summed E-state index contributed by atoms with van der Waals surface area (Å²) in [4.78, 5) is 22.5. The van der Waals surface area contributed by atoms with E-state index in [0.29, 0.717) is 17.1 Å². The lowest BCUT2D eigenvalue weighted by Gasteiger charge is -2.36. The van der Waals surface area contributed by atoms with Crippen molar-refractivity contribution in [2.75, 3.05) is 22.6 Å². The van der Waals surface area contributed by atoms with Gasteiger partial charge < -0.3 is 36.0 Å². The van der Waals surface area contributed by atoms with Gasteiger partial charge in [0, 0.05) is 19.5 Å². The number of amides is 2. The summed E-state index contributed by atoms with van der Waals surface area (Å²) >= 11 is 0. The lowest BCUT2D eigenvalue weighted by atomic mass is 10.0. The highest BCUT2D eigenvalue weighted by atomic mass is 16.5. The molecular weight excluding hydrogens is 318 g/mol. The van der Waals surface area contributed by atoms with Crippen LogP contribution in [-0.2, 0) is 14.3 Å². The Morgan fingerprint density at radius 2 is 1.71 bits per heavy atom. The first-order valence-corrected chi connectivity index (χ1v) is 7.39. The molecule has 1 aliphatic heterocycles. The molecule has 1 heterocycles. The maximum Gasteiger partial charge on any atom is 0.221 e. The van der Waals surface area contributed by atoms with E-state index >= 15 is 0 Å².